The van der Waals surface area contributed by atoms with Crippen molar-refractivity contribution in [2.75, 3.05) is 6.54 Å². The van der Waals surface area contributed by atoms with Crippen LogP contribution in [0.15, 0.2) is 35.1 Å². The van der Waals surface area contributed by atoms with Crippen molar-refractivity contribution < 1.29 is 4.79 Å². The third kappa shape index (κ3) is 3.49. The van der Waals surface area contributed by atoms with E-state index in [2.05, 4.69) is 10.4 Å². The summed E-state index contributed by atoms with van der Waals surface area (Å²) >= 11 is 5.86. The van der Waals surface area contributed by atoms with Gasteiger partial charge < -0.3 is 5.32 Å². The maximum absolute atomic E-state index is 12.0. The molecule has 0 saturated carbocycles. The van der Waals surface area contributed by atoms with E-state index in [4.69, 9.17) is 11.6 Å². The number of hydrogen-bond acceptors (Lipinski definition) is 3. The summed E-state index contributed by atoms with van der Waals surface area (Å²) in [5.74, 6) is -0.454. The number of amides is 1. The zero-order chi connectivity index (χ0) is 15.4. The Balaban J connectivity index is 2.45. The molecule has 1 aromatic heterocycles. The van der Waals surface area contributed by atoms with E-state index in [1.165, 1.54) is 6.07 Å². The number of halogens is 1. The summed E-state index contributed by atoms with van der Waals surface area (Å²) in [6, 6.07) is 8.42. The molecule has 1 amide bonds. The molecule has 0 fully saturated rings. The molecule has 0 aliphatic carbocycles. The predicted octanol–water partition coefficient (Wildman–Crippen LogP) is 2.33. The second-order valence-electron chi connectivity index (χ2n) is 4.64. The molecule has 1 N–H and O–H groups in total. The minimum absolute atomic E-state index is 0.107. The van der Waals surface area contributed by atoms with Gasteiger partial charge in [0.2, 0.25) is 5.43 Å². The van der Waals surface area contributed by atoms with Crippen LogP contribution in [-0.4, -0.2) is 22.2 Å². The van der Waals surface area contributed by atoms with Gasteiger partial charge in [0.1, 0.15) is 0 Å². The zero-order valence-electron chi connectivity index (χ0n) is 11.9. The second-order valence-corrected chi connectivity index (χ2v) is 5.08. The largest absolute Gasteiger partial charge is 0.351 e. The van der Waals surface area contributed by atoms with Crippen molar-refractivity contribution in [1.82, 2.24) is 15.1 Å². The summed E-state index contributed by atoms with van der Waals surface area (Å²) in [6.45, 7) is 4.21. The van der Waals surface area contributed by atoms with Crippen molar-refractivity contribution in [2.24, 2.45) is 0 Å². The Hall–Kier alpha value is -2.14. The molecule has 1 aromatic carbocycles. The fourth-order valence-electron chi connectivity index (χ4n) is 1.87. The Labute approximate surface area is 127 Å². The molecule has 1 heterocycles. The van der Waals surface area contributed by atoms with Gasteiger partial charge in [0.15, 0.2) is 5.69 Å². The molecule has 5 nitrogen and oxygen atoms in total. The first kappa shape index (κ1) is 15.3. The highest BCUT2D eigenvalue weighted by molar-refractivity contribution is 6.30. The van der Waals surface area contributed by atoms with Crippen molar-refractivity contribution in [1.29, 1.82) is 0 Å². The third-order valence-electron chi connectivity index (χ3n) is 2.93. The number of hydrogen-bond donors (Lipinski definition) is 1. The molecule has 0 saturated heterocycles. The topological polar surface area (TPSA) is 64.0 Å². The lowest BCUT2D eigenvalue weighted by Crippen LogP contribution is -2.32. The Bertz CT molecular complexity index is 708. The van der Waals surface area contributed by atoms with E-state index >= 15 is 0 Å². The standard InChI is InChI=1S/C15H16ClN3O2/c1-3-8-17-15(21)14-13(20)9-10(2)19(18-14)12-6-4-11(16)5-7-12/h4-7,9H,3,8H2,1-2H3,(H,17,21). The van der Waals surface area contributed by atoms with Crippen LogP contribution in [0.2, 0.25) is 5.02 Å². The van der Waals surface area contributed by atoms with Gasteiger partial charge in [0.05, 0.1) is 5.69 Å². The Morgan fingerprint density at radius 1 is 1.33 bits per heavy atom. The lowest BCUT2D eigenvalue weighted by molar-refractivity contribution is 0.0945. The molecule has 6 heteroatoms. The Kier molecular flexibility index (Phi) is 4.75. The van der Waals surface area contributed by atoms with Crippen LogP contribution < -0.4 is 10.7 Å². The molecule has 0 radical (unpaired) electrons. The number of carbonyl (C=O) groups excluding carboxylic acids is 1. The minimum Gasteiger partial charge on any atom is -0.351 e. The Morgan fingerprint density at radius 2 is 2.00 bits per heavy atom. The molecule has 110 valence electrons. The van der Waals surface area contributed by atoms with Gasteiger partial charge in [0, 0.05) is 23.3 Å². The molecule has 2 rings (SSSR count). The van der Waals surface area contributed by atoms with Crippen LogP contribution >= 0.6 is 11.6 Å². The zero-order valence-corrected chi connectivity index (χ0v) is 12.6. The van der Waals surface area contributed by atoms with Crippen molar-refractivity contribution in [3.63, 3.8) is 0 Å². The van der Waals surface area contributed by atoms with Gasteiger partial charge in [-0.15, -0.1) is 0 Å². The SMILES string of the molecule is CCCNC(=O)c1nn(-c2ccc(Cl)cc2)c(C)cc1=O. The van der Waals surface area contributed by atoms with Gasteiger partial charge >= 0.3 is 0 Å². The summed E-state index contributed by atoms with van der Waals surface area (Å²) in [5.41, 5.74) is 0.895. The van der Waals surface area contributed by atoms with Gasteiger partial charge in [-0.25, -0.2) is 4.68 Å². The van der Waals surface area contributed by atoms with Crippen LogP contribution in [0.5, 0.6) is 0 Å². The van der Waals surface area contributed by atoms with Crippen LogP contribution in [0.1, 0.15) is 29.5 Å². The van der Waals surface area contributed by atoms with Crippen LogP contribution in [-0.2, 0) is 0 Å². The van der Waals surface area contributed by atoms with Crippen molar-refractivity contribution in [3.8, 4) is 5.69 Å². The highest BCUT2D eigenvalue weighted by atomic mass is 35.5. The van der Waals surface area contributed by atoms with Gasteiger partial charge in [-0.1, -0.05) is 18.5 Å². The molecule has 0 unspecified atom stereocenters. The van der Waals surface area contributed by atoms with Crippen LogP contribution in [0, 0.1) is 6.92 Å². The number of aryl methyl sites for hydroxylation is 1. The van der Waals surface area contributed by atoms with Crippen molar-refractivity contribution in [3.05, 3.63) is 57.0 Å². The predicted molar refractivity (Wildman–Crippen MR) is 82.2 cm³/mol. The molecule has 0 spiro atoms. The summed E-state index contributed by atoms with van der Waals surface area (Å²) < 4.78 is 1.55. The molecular formula is C15H16ClN3O2. The first-order valence-corrected chi connectivity index (χ1v) is 7.06. The van der Waals surface area contributed by atoms with E-state index in [1.54, 1.807) is 35.9 Å². The van der Waals surface area contributed by atoms with Crippen molar-refractivity contribution >= 4 is 17.5 Å². The Morgan fingerprint density at radius 3 is 2.62 bits per heavy atom. The van der Waals surface area contributed by atoms with Gasteiger partial charge in [-0.05, 0) is 37.6 Å². The van der Waals surface area contributed by atoms with E-state index in [0.717, 1.165) is 12.1 Å². The summed E-state index contributed by atoms with van der Waals surface area (Å²) in [6.07, 6.45) is 0.795. The quantitative estimate of drug-likeness (QED) is 0.943. The van der Waals surface area contributed by atoms with Crippen LogP contribution in [0.25, 0.3) is 5.69 Å². The van der Waals surface area contributed by atoms with Gasteiger partial charge in [-0.3, -0.25) is 9.59 Å². The maximum atomic E-state index is 12.0. The average molecular weight is 306 g/mol. The van der Waals surface area contributed by atoms with E-state index < -0.39 is 5.91 Å². The smallest absolute Gasteiger partial charge is 0.275 e. The van der Waals surface area contributed by atoms with E-state index in [0.29, 0.717) is 17.3 Å². The normalized spacial score (nSPS) is 10.4. The minimum atomic E-state index is -0.454. The third-order valence-corrected chi connectivity index (χ3v) is 3.18. The lowest BCUT2D eigenvalue weighted by Gasteiger charge is -2.11. The number of rotatable bonds is 4. The molecule has 21 heavy (non-hydrogen) atoms. The number of carbonyl (C=O) groups is 1. The van der Waals surface area contributed by atoms with E-state index in [1.807, 2.05) is 6.92 Å². The molecule has 2 aromatic rings. The molecule has 0 bridgehead atoms. The number of nitrogens with zero attached hydrogens (tertiary/aromatic N) is 2. The first-order chi connectivity index (χ1) is 10.0. The number of benzene rings is 1. The van der Waals surface area contributed by atoms with Crippen LogP contribution in [0.3, 0.4) is 0 Å². The van der Waals surface area contributed by atoms with E-state index in [-0.39, 0.29) is 11.1 Å². The first-order valence-electron chi connectivity index (χ1n) is 6.68. The van der Waals surface area contributed by atoms with E-state index in [9.17, 15) is 9.59 Å². The van der Waals surface area contributed by atoms with Crippen molar-refractivity contribution in [2.45, 2.75) is 20.3 Å². The summed E-state index contributed by atoms with van der Waals surface area (Å²) in [7, 11) is 0. The highest BCUT2D eigenvalue weighted by Gasteiger charge is 2.14. The summed E-state index contributed by atoms with van der Waals surface area (Å²) in [5, 5.41) is 7.44. The highest BCUT2D eigenvalue weighted by Crippen LogP contribution is 2.13. The lowest BCUT2D eigenvalue weighted by atomic mass is 10.2. The molecule has 0 aliphatic rings. The second kappa shape index (κ2) is 6.54. The fourth-order valence-corrected chi connectivity index (χ4v) is 2.00. The molecular weight excluding hydrogens is 290 g/mol. The van der Waals surface area contributed by atoms with Gasteiger partial charge in [0.25, 0.3) is 5.91 Å². The molecule has 0 atom stereocenters. The fraction of sp³-hybridized carbons (Fsp3) is 0.267. The average Bonchev–Trinajstić information content (AvgIpc) is 2.46. The summed E-state index contributed by atoms with van der Waals surface area (Å²) in [4.78, 5) is 23.9. The van der Waals surface area contributed by atoms with Crippen LogP contribution in [0.4, 0.5) is 0 Å². The van der Waals surface area contributed by atoms with Gasteiger partial charge in [-0.2, -0.15) is 5.10 Å². The monoisotopic (exact) mass is 305 g/mol. The number of aromatic nitrogens is 2. The number of nitrogens with one attached hydrogen (secondary N) is 1. The maximum Gasteiger partial charge on any atom is 0.275 e. The molecule has 0 aliphatic heterocycles.